The minimum absolute atomic E-state index is 0.0201. The van der Waals surface area contributed by atoms with Gasteiger partial charge in [0.15, 0.2) is 11.6 Å². The molecule has 1 amide bonds. The van der Waals surface area contributed by atoms with Crippen LogP contribution in [0.4, 0.5) is 10.1 Å². The number of benzene rings is 1. The number of anilines is 1. The van der Waals surface area contributed by atoms with Gasteiger partial charge in [0.2, 0.25) is 0 Å². The molecule has 0 spiro atoms. The molecule has 4 aromatic rings. The highest BCUT2D eigenvalue weighted by atomic mass is 79.9. The number of pyridine rings is 1. The SMILES string of the molecule is Cc1cc(Cl)cc(/C=C(\F)c2ccon2)c1NC(=O)c1cc(Br)nn1-c1ncccc1Cl. The Morgan fingerprint density at radius 1 is 1.28 bits per heavy atom. The summed E-state index contributed by atoms with van der Waals surface area (Å²) in [5.74, 6) is -0.870. The molecule has 3 aromatic heterocycles. The number of hydrogen-bond acceptors (Lipinski definition) is 5. The molecule has 7 nitrogen and oxygen atoms in total. The lowest BCUT2D eigenvalue weighted by molar-refractivity contribution is 0.101. The van der Waals surface area contributed by atoms with Crippen LogP contribution in [0.15, 0.2) is 58.0 Å². The maximum Gasteiger partial charge on any atom is 0.274 e. The van der Waals surface area contributed by atoms with Gasteiger partial charge in [0.05, 0.1) is 10.7 Å². The number of carbonyl (C=O) groups is 1. The minimum Gasteiger partial charge on any atom is -0.364 e. The van der Waals surface area contributed by atoms with Crippen LogP contribution in [0, 0.1) is 6.92 Å². The minimum atomic E-state index is -0.649. The Morgan fingerprint density at radius 3 is 2.81 bits per heavy atom. The maximum atomic E-state index is 14.6. The van der Waals surface area contributed by atoms with Gasteiger partial charge >= 0.3 is 0 Å². The van der Waals surface area contributed by atoms with Crippen molar-refractivity contribution in [3.8, 4) is 5.82 Å². The number of aryl methyl sites for hydroxylation is 1. The van der Waals surface area contributed by atoms with Crippen molar-refractivity contribution in [3.05, 3.63) is 86.0 Å². The fourth-order valence-corrected chi connectivity index (χ4v) is 3.84. The highest BCUT2D eigenvalue weighted by Crippen LogP contribution is 2.31. The third-order valence-electron chi connectivity index (χ3n) is 4.39. The summed E-state index contributed by atoms with van der Waals surface area (Å²) in [4.78, 5) is 17.4. The van der Waals surface area contributed by atoms with E-state index in [-0.39, 0.29) is 17.2 Å². The van der Waals surface area contributed by atoms with Crippen molar-refractivity contribution in [3.63, 3.8) is 0 Å². The molecule has 0 radical (unpaired) electrons. The molecule has 0 aliphatic carbocycles. The van der Waals surface area contributed by atoms with Gasteiger partial charge in [-0.2, -0.15) is 5.10 Å². The van der Waals surface area contributed by atoms with E-state index in [9.17, 15) is 9.18 Å². The number of aromatic nitrogens is 4. The van der Waals surface area contributed by atoms with E-state index in [1.165, 1.54) is 41.4 Å². The summed E-state index contributed by atoms with van der Waals surface area (Å²) in [6, 6.07) is 9.41. The normalized spacial score (nSPS) is 11.6. The van der Waals surface area contributed by atoms with E-state index in [0.717, 1.165) is 0 Å². The van der Waals surface area contributed by atoms with Gasteiger partial charge in [0.1, 0.15) is 22.3 Å². The van der Waals surface area contributed by atoms with Crippen LogP contribution in [0.5, 0.6) is 0 Å². The average Bonchev–Trinajstić information content (AvgIpc) is 3.41. The third-order valence-corrected chi connectivity index (χ3v) is 5.29. The predicted molar refractivity (Wildman–Crippen MR) is 124 cm³/mol. The first-order chi connectivity index (χ1) is 15.3. The number of nitrogens with zero attached hydrogens (tertiary/aromatic N) is 4. The van der Waals surface area contributed by atoms with Crippen molar-refractivity contribution in [2.24, 2.45) is 0 Å². The van der Waals surface area contributed by atoms with Crippen molar-refractivity contribution in [2.45, 2.75) is 6.92 Å². The van der Waals surface area contributed by atoms with Gasteiger partial charge in [-0.05, 0) is 58.8 Å². The first-order valence-corrected chi connectivity index (χ1v) is 10.6. The second-order valence-electron chi connectivity index (χ2n) is 6.59. The summed E-state index contributed by atoms with van der Waals surface area (Å²) in [6.07, 6.45) is 4.02. The maximum absolute atomic E-state index is 14.6. The van der Waals surface area contributed by atoms with E-state index in [4.69, 9.17) is 23.2 Å². The van der Waals surface area contributed by atoms with Crippen molar-refractivity contribution < 1.29 is 13.7 Å². The van der Waals surface area contributed by atoms with Crippen molar-refractivity contribution >= 4 is 62.6 Å². The molecule has 1 aromatic carbocycles. The molecule has 3 heterocycles. The van der Waals surface area contributed by atoms with E-state index >= 15 is 0 Å². The van der Waals surface area contributed by atoms with E-state index in [2.05, 4.69) is 41.0 Å². The van der Waals surface area contributed by atoms with Gasteiger partial charge in [0.25, 0.3) is 5.91 Å². The Labute approximate surface area is 200 Å². The van der Waals surface area contributed by atoms with Crippen LogP contribution >= 0.6 is 39.1 Å². The number of rotatable bonds is 5. The summed E-state index contributed by atoms with van der Waals surface area (Å²) in [5, 5.41) is 11.3. The lowest BCUT2D eigenvalue weighted by atomic mass is 10.1. The van der Waals surface area contributed by atoms with Crippen molar-refractivity contribution in [1.82, 2.24) is 19.9 Å². The molecule has 32 heavy (non-hydrogen) atoms. The second kappa shape index (κ2) is 9.23. The fraction of sp³-hybridized carbons (Fsp3) is 0.0476. The summed E-state index contributed by atoms with van der Waals surface area (Å²) < 4.78 is 21.0. The molecule has 11 heteroatoms. The molecule has 0 bridgehead atoms. The van der Waals surface area contributed by atoms with Gasteiger partial charge in [-0.3, -0.25) is 4.79 Å². The Balaban J connectivity index is 1.74. The molecule has 0 unspecified atom stereocenters. The van der Waals surface area contributed by atoms with Gasteiger partial charge in [-0.25, -0.2) is 14.1 Å². The molecule has 1 N–H and O–H groups in total. The molecular formula is C21H13BrCl2FN5O2. The van der Waals surface area contributed by atoms with Crippen LogP contribution in [-0.2, 0) is 0 Å². The lowest BCUT2D eigenvalue weighted by Crippen LogP contribution is -2.19. The first kappa shape index (κ1) is 22.2. The monoisotopic (exact) mass is 535 g/mol. The van der Waals surface area contributed by atoms with Gasteiger partial charge in [-0.15, -0.1) is 0 Å². The quantitative estimate of drug-likeness (QED) is 0.321. The molecule has 0 fully saturated rings. The average molecular weight is 537 g/mol. The Morgan fingerprint density at radius 2 is 2.09 bits per heavy atom. The summed E-state index contributed by atoms with van der Waals surface area (Å²) >= 11 is 15.7. The standard InChI is InChI=1S/C21H13BrCl2FN5O2/c1-11-7-13(23)8-12(9-15(25)16-4-6-32-29-16)19(11)27-21(31)17-10-18(22)28-30(17)20-14(24)3-2-5-26-20/h2-10H,1H3,(H,27,31)/b15-9-. The molecule has 0 aliphatic heterocycles. The van der Waals surface area contributed by atoms with Crippen LogP contribution in [0.1, 0.15) is 27.3 Å². The number of nitrogens with one attached hydrogen (secondary N) is 1. The van der Waals surface area contributed by atoms with Crippen LogP contribution in [-0.4, -0.2) is 25.8 Å². The predicted octanol–water partition coefficient (Wildman–Crippen LogP) is 6.35. The Bertz CT molecular complexity index is 1340. The van der Waals surface area contributed by atoms with Crippen molar-refractivity contribution in [2.75, 3.05) is 5.32 Å². The van der Waals surface area contributed by atoms with Crippen LogP contribution in [0.2, 0.25) is 10.0 Å². The molecule has 0 aliphatic rings. The molecule has 0 saturated carbocycles. The highest BCUT2D eigenvalue weighted by Gasteiger charge is 2.20. The molecular weight excluding hydrogens is 524 g/mol. The second-order valence-corrected chi connectivity index (χ2v) is 8.25. The van der Waals surface area contributed by atoms with Gasteiger partial charge in [-0.1, -0.05) is 28.4 Å². The number of carbonyl (C=O) groups excluding carboxylic acids is 1. The molecule has 0 saturated heterocycles. The highest BCUT2D eigenvalue weighted by molar-refractivity contribution is 9.10. The Kier molecular flexibility index (Phi) is 6.40. The summed E-state index contributed by atoms with van der Waals surface area (Å²) in [6.45, 7) is 1.75. The van der Waals surface area contributed by atoms with E-state index in [0.29, 0.717) is 31.5 Å². The number of halogens is 4. The Hall–Kier alpha value is -3.01. The number of hydrogen-bond donors (Lipinski definition) is 1. The molecule has 162 valence electrons. The smallest absolute Gasteiger partial charge is 0.274 e. The van der Waals surface area contributed by atoms with Gasteiger partial charge < -0.3 is 9.84 Å². The van der Waals surface area contributed by atoms with Crippen LogP contribution in [0.25, 0.3) is 17.7 Å². The fourth-order valence-electron chi connectivity index (χ4n) is 2.99. The molecule has 0 atom stereocenters. The summed E-state index contributed by atoms with van der Waals surface area (Å²) in [5.41, 5.74) is 1.54. The lowest BCUT2D eigenvalue weighted by Gasteiger charge is -2.14. The third kappa shape index (κ3) is 4.59. The number of amides is 1. The van der Waals surface area contributed by atoms with E-state index in [1.54, 1.807) is 25.1 Å². The largest absolute Gasteiger partial charge is 0.364 e. The van der Waals surface area contributed by atoms with E-state index in [1.807, 2.05) is 0 Å². The zero-order chi connectivity index (χ0) is 22.8. The first-order valence-electron chi connectivity index (χ1n) is 9.09. The van der Waals surface area contributed by atoms with Crippen LogP contribution in [0.3, 0.4) is 0 Å². The topological polar surface area (TPSA) is 85.8 Å². The zero-order valence-corrected chi connectivity index (χ0v) is 19.4. The van der Waals surface area contributed by atoms with E-state index < -0.39 is 11.7 Å². The van der Waals surface area contributed by atoms with Crippen molar-refractivity contribution in [1.29, 1.82) is 0 Å². The van der Waals surface area contributed by atoms with Crippen LogP contribution < -0.4 is 5.32 Å². The van der Waals surface area contributed by atoms with Gasteiger partial charge in [0, 0.05) is 28.9 Å². The molecule has 4 rings (SSSR count). The zero-order valence-electron chi connectivity index (χ0n) is 16.3. The summed E-state index contributed by atoms with van der Waals surface area (Å²) in [7, 11) is 0.